The molecular weight excluding hydrogens is 205 g/mol. The van der Waals surface area contributed by atoms with Gasteiger partial charge in [-0.25, -0.2) is 9.37 Å². The zero-order valence-corrected chi connectivity index (χ0v) is 8.18. The monoisotopic (exact) mass is 211 g/mol. The van der Waals surface area contributed by atoms with Gasteiger partial charge in [-0.15, -0.1) is 0 Å². The van der Waals surface area contributed by atoms with E-state index in [2.05, 4.69) is 4.98 Å². The second kappa shape index (κ2) is 3.42. The van der Waals surface area contributed by atoms with Crippen LogP contribution in [0.25, 0.3) is 11.3 Å². The zero-order valence-electron chi connectivity index (χ0n) is 7.42. The first-order valence-electron chi connectivity index (χ1n) is 4.05. The van der Waals surface area contributed by atoms with E-state index >= 15 is 0 Å². The Morgan fingerprint density at radius 3 is 2.43 bits per heavy atom. The Morgan fingerprint density at radius 2 is 1.93 bits per heavy atom. The second-order valence-corrected chi connectivity index (χ2v) is 3.21. The number of aryl methyl sites for hydroxylation is 1. The van der Waals surface area contributed by atoms with Crippen LogP contribution in [0.1, 0.15) is 5.69 Å². The SMILES string of the molecule is Cc1nc(Cl)oc1-c1ccc(F)cc1. The van der Waals surface area contributed by atoms with Crippen molar-refractivity contribution in [3.8, 4) is 11.3 Å². The molecule has 0 amide bonds. The highest BCUT2D eigenvalue weighted by Gasteiger charge is 2.09. The van der Waals surface area contributed by atoms with Gasteiger partial charge in [0.25, 0.3) is 5.35 Å². The van der Waals surface area contributed by atoms with E-state index < -0.39 is 0 Å². The van der Waals surface area contributed by atoms with Gasteiger partial charge in [-0.3, -0.25) is 0 Å². The minimum Gasteiger partial charge on any atom is -0.427 e. The first-order valence-corrected chi connectivity index (χ1v) is 4.43. The Hall–Kier alpha value is -1.35. The van der Waals surface area contributed by atoms with Crippen molar-refractivity contribution >= 4 is 11.6 Å². The van der Waals surface area contributed by atoms with E-state index in [1.165, 1.54) is 12.1 Å². The van der Waals surface area contributed by atoms with E-state index in [-0.39, 0.29) is 11.2 Å². The zero-order chi connectivity index (χ0) is 10.1. The van der Waals surface area contributed by atoms with E-state index in [1.807, 2.05) is 0 Å². The Morgan fingerprint density at radius 1 is 1.29 bits per heavy atom. The van der Waals surface area contributed by atoms with Gasteiger partial charge in [0.05, 0.1) is 5.69 Å². The van der Waals surface area contributed by atoms with Gasteiger partial charge in [0.2, 0.25) is 0 Å². The summed E-state index contributed by atoms with van der Waals surface area (Å²) in [5.74, 6) is 0.298. The third-order valence-electron chi connectivity index (χ3n) is 1.88. The molecule has 0 spiro atoms. The van der Waals surface area contributed by atoms with Crippen LogP contribution < -0.4 is 0 Å². The van der Waals surface area contributed by atoms with Crippen molar-refractivity contribution in [2.45, 2.75) is 6.92 Å². The first kappa shape index (κ1) is 9.21. The molecule has 1 heterocycles. The highest BCUT2D eigenvalue weighted by molar-refractivity contribution is 6.27. The molecule has 14 heavy (non-hydrogen) atoms. The minimum atomic E-state index is -0.281. The van der Waals surface area contributed by atoms with Gasteiger partial charge < -0.3 is 4.42 Å². The summed E-state index contributed by atoms with van der Waals surface area (Å²) >= 11 is 5.59. The Kier molecular flexibility index (Phi) is 2.25. The van der Waals surface area contributed by atoms with Crippen LogP contribution in [0.2, 0.25) is 5.35 Å². The van der Waals surface area contributed by atoms with Crippen molar-refractivity contribution in [1.29, 1.82) is 0 Å². The fourth-order valence-corrected chi connectivity index (χ4v) is 1.44. The van der Waals surface area contributed by atoms with Gasteiger partial charge in [0.15, 0.2) is 5.76 Å². The quantitative estimate of drug-likeness (QED) is 0.722. The number of halogens is 2. The maximum Gasteiger partial charge on any atom is 0.292 e. The number of benzene rings is 1. The maximum absolute atomic E-state index is 12.6. The lowest BCUT2D eigenvalue weighted by atomic mass is 10.1. The Balaban J connectivity index is 2.49. The van der Waals surface area contributed by atoms with Gasteiger partial charge in [-0.1, -0.05) is 0 Å². The topological polar surface area (TPSA) is 26.0 Å². The number of rotatable bonds is 1. The average molecular weight is 212 g/mol. The maximum atomic E-state index is 12.6. The normalized spacial score (nSPS) is 10.5. The number of oxazole rings is 1. The largest absolute Gasteiger partial charge is 0.427 e. The van der Waals surface area contributed by atoms with Crippen LogP contribution in [0, 0.1) is 12.7 Å². The summed E-state index contributed by atoms with van der Waals surface area (Å²) in [6.45, 7) is 1.79. The molecule has 2 rings (SSSR count). The molecule has 0 unspecified atom stereocenters. The number of hydrogen-bond donors (Lipinski definition) is 0. The smallest absolute Gasteiger partial charge is 0.292 e. The lowest BCUT2D eigenvalue weighted by Gasteiger charge is -1.96. The lowest BCUT2D eigenvalue weighted by Crippen LogP contribution is -1.79. The van der Waals surface area contributed by atoms with Gasteiger partial charge >= 0.3 is 0 Å². The molecule has 0 aliphatic rings. The second-order valence-electron chi connectivity index (χ2n) is 2.89. The van der Waals surface area contributed by atoms with Crippen molar-refractivity contribution in [2.75, 3.05) is 0 Å². The van der Waals surface area contributed by atoms with Gasteiger partial charge in [-0.2, -0.15) is 0 Å². The van der Waals surface area contributed by atoms with Crippen molar-refractivity contribution in [1.82, 2.24) is 4.98 Å². The molecule has 0 bridgehead atoms. The van der Waals surface area contributed by atoms with E-state index in [0.29, 0.717) is 11.5 Å². The lowest BCUT2D eigenvalue weighted by molar-refractivity contribution is 0.573. The molecule has 4 heteroatoms. The summed E-state index contributed by atoms with van der Waals surface area (Å²) in [7, 11) is 0. The summed E-state index contributed by atoms with van der Waals surface area (Å²) in [5.41, 5.74) is 1.46. The van der Waals surface area contributed by atoms with Crippen LogP contribution in [0.15, 0.2) is 28.7 Å². The van der Waals surface area contributed by atoms with Crippen LogP contribution in [-0.4, -0.2) is 4.98 Å². The Labute approximate surface area is 85.3 Å². The predicted octanol–water partition coefficient (Wildman–Crippen LogP) is 3.44. The molecule has 0 atom stereocenters. The van der Waals surface area contributed by atoms with E-state index in [4.69, 9.17) is 16.0 Å². The van der Waals surface area contributed by atoms with Crippen molar-refractivity contribution in [2.24, 2.45) is 0 Å². The molecule has 0 aliphatic heterocycles. The van der Waals surface area contributed by atoms with Gasteiger partial charge in [0.1, 0.15) is 5.82 Å². The summed E-state index contributed by atoms with van der Waals surface area (Å²) in [4.78, 5) is 3.91. The highest BCUT2D eigenvalue weighted by atomic mass is 35.5. The van der Waals surface area contributed by atoms with Crippen molar-refractivity contribution < 1.29 is 8.81 Å². The van der Waals surface area contributed by atoms with Crippen LogP contribution >= 0.6 is 11.6 Å². The molecule has 2 nitrogen and oxygen atoms in total. The molecule has 1 aromatic carbocycles. The van der Waals surface area contributed by atoms with Crippen LogP contribution in [0.5, 0.6) is 0 Å². The number of nitrogens with zero attached hydrogens (tertiary/aromatic N) is 1. The molecule has 0 saturated carbocycles. The summed E-state index contributed by atoms with van der Waals surface area (Å²) in [5, 5.41) is 0.0989. The minimum absolute atomic E-state index is 0.0989. The van der Waals surface area contributed by atoms with Crippen LogP contribution in [-0.2, 0) is 0 Å². The molecule has 0 fully saturated rings. The van der Waals surface area contributed by atoms with Crippen molar-refractivity contribution in [3.05, 3.63) is 41.1 Å². The molecule has 72 valence electrons. The third kappa shape index (κ3) is 1.63. The highest BCUT2D eigenvalue weighted by Crippen LogP contribution is 2.26. The van der Waals surface area contributed by atoms with E-state index in [0.717, 1.165) is 5.56 Å². The molecular formula is C10H7ClFNO. The van der Waals surface area contributed by atoms with Gasteiger partial charge in [0, 0.05) is 5.56 Å². The predicted molar refractivity (Wildman–Crippen MR) is 51.6 cm³/mol. The third-order valence-corrected chi connectivity index (χ3v) is 2.04. The van der Waals surface area contributed by atoms with E-state index in [9.17, 15) is 4.39 Å². The van der Waals surface area contributed by atoms with Crippen LogP contribution in [0.4, 0.5) is 4.39 Å². The molecule has 0 N–H and O–H groups in total. The Bertz CT molecular complexity index is 450. The van der Waals surface area contributed by atoms with Crippen LogP contribution in [0.3, 0.4) is 0 Å². The fourth-order valence-electron chi connectivity index (χ4n) is 1.23. The fraction of sp³-hybridized carbons (Fsp3) is 0.100. The molecule has 0 saturated heterocycles. The molecule has 0 radical (unpaired) electrons. The average Bonchev–Trinajstić information content (AvgIpc) is 2.47. The summed E-state index contributed by atoms with van der Waals surface area (Å²) < 4.78 is 17.8. The summed E-state index contributed by atoms with van der Waals surface area (Å²) in [6.07, 6.45) is 0. The number of hydrogen-bond acceptors (Lipinski definition) is 2. The van der Waals surface area contributed by atoms with Crippen molar-refractivity contribution in [3.63, 3.8) is 0 Å². The number of aromatic nitrogens is 1. The standard InChI is InChI=1S/C10H7ClFNO/c1-6-9(14-10(11)13-6)7-2-4-8(12)5-3-7/h2-5H,1H3. The van der Waals surface area contributed by atoms with Gasteiger partial charge in [-0.05, 0) is 42.8 Å². The molecule has 2 aromatic rings. The summed E-state index contributed by atoms with van der Waals surface area (Å²) in [6, 6.07) is 5.98. The molecule has 0 aliphatic carbocycles. The van der Waals surface area contributed by atoms with E-state index in [1.54, 1.807) is 19.1 Å². The first-order chi connectivity index (χ1) is 6.66. The molecule has 1 aromatic heterocycles.